The van der Waals surface area contributed by atoms with Crippen molar-refractivity contribution in [1.29, 1.82) is 0 Å². The van der Waals surface area contributed by atoms with Gasteiger partial charge in [0.05, 0.1) is 25.4 Å². The van der Waals surface area contributed by atoms with Gasteiger partial charge in [0.25, 0.3) is 0 Å². The molecule has 2 rings (SSSR count). The molecule has 0 radical (unpaired) electrons. The van der Waals surface area contributed by atoms with E-state index in [2.05, 4.69) is 47.5 Å². The molecule has 0 aromatic heterocycles. The summed E-state index contributed by atoms with van der Waals surface area (Å²) in [6.07, 6.45) is 1.18. The van der Waals surface area contributed by atoms with Gasteiger partial charge >= 0.3 is 0 Å². The number of ether oxygens (including phenoxy) is 2. The Morgan fingerprint density at radius 2 is 2.00 bits per heavy atom. The Labute approximate surface area is 128 Å². The number of benzene rings is 1. The van der Waals surface area contributed by atoms with E-state index in [-0.39, 0.29) is 5.54 Å². The summed E-state index contributed by atoms with van der Waals surface area (Å²) in [5.41, 5.74) is 1.38. The SMILES string of the molecule is COCCOCCN1CCCNC(C)(c2ccccc2)C1. The van der Waals surface area contributed by atoms with Crippen LogP contribution in [0.3, 0.4) is 0 Å². The summed E-state index contributed by atoms with van der Waals surface area (Å²) in [6, 6.07) is 10.7. The molecule has 0 spiro atoms. The summed E-state index contributed by atoms with van der Waals surface area (Å²) in [6.45, 7) is 8.61. The van der Waals surface area contributed by atoms with E-state index >= 15 is 0 Å². The molecule has 4 heteroatoms. The van der Waals surface area contributed by atoms with Crippen LogP contribution in [0.2, 0.25) is 0 Å². The van der Waals surface area contributed by atoms with Crippen LogP contribution in [-0.4, -0.2) is 58.0 Å². The molecule has 4 nitrogen and oxygen atoms in total. The summed E-state index contributed by atoms with van der Waals surface area (Å²) in [4.78, 5) is 2.50. The van der Waals surface area contributed by atoms with E-state index in [4.69, 9.17) is 9.47 Å². The van der Waals surface area contributed by atoms with Crippen molar-refractivity contribution in [2.75, 3.05) is 53.1 Å². The maximum absolute atomic E-state index is 5.60. The van der Waals surface area contributed by atoms with E-state index in [9.17, 15) is 0 Å². The maximum Gasteiger partial charge on any atom is 0.0700 e. The molecule has 1 atom stereocenters. The lowest BCUT2D eigenvalue weighted by molar-refractivity contribution is 0.0546. The van der Waals surface area contributed by atoms with Crippen LogP contribution in [-0.2, 0) is 15.0 Å². The number of nitrogens with zero attached hydrogens (tertiary/aromatic N) is 1. The topological polar surface area (TPSA) is 33.7 Å². The van der Waals surface area contributed by atoms with E-state index in [1.54, 1.807) is 7.11 Å². The first-order valence-electron chi connectivity index (χ1n) is 7.84. The lowest BCUT2D eigenvalue weighted by Crippen LogP contribution is -2.47. The van der Waals surface area contributed by atoms with Crippen LogP contribution in [0.1, 0.15) is 18.9 Å². The second-order valence-electron chi connectivity index (χ2n) is 5.86. The van der Waals surface area contributed by atoms with Crippen LogP contribution in [0.5, 0.6) is 0 Å². The Kier molecular flexibility index (Phi) is 6.64. The predicted molar refractivity (Wildman–Crippen MR) is 85.5 cm³/mol. The number of methoxy groups -OCH3 is 1. The molecule has 1 aromatic carbocycles. The summed E-state index contributed by atoms with van der Waals surface area (Å²) in [7, 11) is 1.70. The normalized spacial score (nSPS) is 23.9. The van der Waals surface area contributed by atoms with E-state index in [1.807, 2.05) is 0 Å². The summed E-state index contributed by atoms with van der Waals surface area (Å²) in [5.74, 6) is 0. The van der Waals surface area contributed by atoms with E-state index in [0.717, 1.165) is 32.8 Å². The minimum Gasteiger partial charge on any atom is -0.382 e. The Morgan fingerprint density at radius 3 is 2.76 bits per heavy atom. The highest BCUT2D eigenvalue weighted by Crippen LogP contribution is 2.23. The first-order chi connectivity index (χ1) is 10.2. The summed E-state index contributed by atoms with van der Waals surface area (Å²) in [5, 5.41) is 3.71. The molecule has 118 valence electrons. The number of hydrogen-bond donors (Lipinski definition) is 1. The van der Waals surface area contributed by atoms with Gasteiger partial charge < -0.3 is 14.8 Å². The second kappa shape index (κ2) is 8.49. The molecule has 1 unspecified atom stereocenters. The highest BCUT2D eigenvalue weighted by atomic mass is 16.5. The number of hydrogen-bond acceptors (Lipinski definition) is 4. The fourth-order valence-electron chi connectivity index (χ4n) is 2.88. The lowest BCUT2D eigenvalue weighted by atomic mass is 9.91. The molecular formula is C17H28N2O2. The van der Waals surface area contributed by atoms with Crippen LogP contribution in [0.25, 0.3) is 0 Å². The Hall–Kier alpha value is -0.940. The van der Waals surface area contributed by atoms with Crippen molar-refractivity contribution < 1.29 is 9.47 Å². The average Bonchev–Trinajstić information content (AvgIpc) is 2.71. The van der Waals surface area contributed by atoms with Gasteiger partial charge in [-0.2, -0.15) is 0 Å². The van der Waals surface area contributed by atoms with Crippen molar-refractivity contribution in [2.24, 2.45) is 0 Å². The van der Waals surface area contributed by atoms with Gasteiger partial charge in [0.1, 0.15) is 0 Å². The number of rotatable bonds is 7. The minimum absolute atomic E-state index is 0.0181. The quantitative estimate of drug-likeness (QED) is 0.778. The molecule has 1 aromatic rings. The monoisotopic (exact) mass is 292 g/mol. The summed E-state index contributed by atoms with van der Waals surface area (Å²) < 4.78 is 10.6. The van der Waals surface area contributed by atoms with Crippen molar-refractivity contribution in [2.45, 2.75) is 18.9 Å². The van der Waals surface area contributed by atoms with Gasteiger partial charge in [0, 0.05) is 20.2 Å². The lowest BCUT2D eigenvalue weighted by Gasteiger charge is -2.34. The van der Waals surface area contributed by atoms with Gasteiger partial charge in [-0.05, 0) is 32.0 Å². The third-order valence-electron chi connectivity index (χ3n) is 4.10. The smallest absolute Gasteiger partial charge is 0.0700 e. The predicted octanol–water partition coefficient (Wildman–Crippen LogP) is 1.86. The molecule has 1 aliphatic rings. The molecule has 1 N–H and O–H groups in total. The molecule has 0 saturated carbocycles. The van der Waals surface area contributed by atoms with Gasteiger partial charge in [-0.3, -0.25) is 4.90 Å². The third kappa shape index (κ3) is 5.08. The third-order valence-corrected chi connectivity index (χ3v) is 4.10. The van der Waals surface area contributed by atoms with Crippen LogP contribution in [0.15, 0.2) is 30.3 Å². The van der Waals surface area contributed by atoms with Crippen molar-refractivity contribution >= 4 is 0 Å². The van der Waals surface area contributed by atoms with E-state index in [1.165, 1.54) is 12.0 Å². The Balaban J connectivity index is 1.89. The average molecular weight is 292 g/mol. The van der Waals surface area contributed by atoms with Crippen LogP contribution in [0, 0.1) is 0 Å². The first kappa shape index (κ1) is 16.4. The molecular weight excluding hydrogens is 264 g/mol. The molecule has 1 heterocycles. The van der Waals surface area contributed by atoms with E-state index in [0.29, 0.717) is 13.2 Å². The zero-order valence-electron chi connectivity index (χ0n) is 13.3. The minimum atomic E-state index is 0.0181. The van der Waals surface area contributed by atoms with Crippen molar-refractivity contribution in [1.82, 2.24) is 10.2 Å². The molecule has 0 amide bonds. The van der Waals surface area contributed by atoms with Crippen LogP contribution in [0.4, 0.5) is 0 Å². The molecule has 1 saturated heterocycles. The second-order valence-corrected chi connectivity index (χ2v) is 5.86. The van der Waals surface area contributed by atoms with Gasteiger partial charge in [-0.25, -0.2) is 0 Å². The number of nitrogens with one attached hydrogen (secondary N) is 1. The molecule has 21 heavy (non-hydrogen) atoms. The van der Waals surface area contributed by atoms with Crippen molar-refractivity contribution in [3.63, 3.8) is 0 Å². The van der Waals surface area contributed by atoms with Gasteiger partial charge in [0.2, 0.25) is 0 Å². The highest BCUT2D eigenvalue weighted by Gasteiger charge is 2.30. The van der Waals surface area contributed by atoms with Gasteiger partial charge in [-0.15, -0.1) is 0 Å². The Morgan fingerprint density at radius 1 is 1.19 bits per heavy atom. The van der Waals surface area contributed by atoms with Gasteiger partial charge in [0.15, 0.2) is 0 Å². The van der Waals surface area contributed by atoms with E-state index < -0.39 is 0 Å². The molecule has 1 aliphatic heterocycles. The van der Waals surface area contributed by atoms with Crippen molar-refractivity contribution in [3.05, 3.63) is 35.9 Å². The van der Waals surface area contributed by atoms with Gasteiger partial charge in [-0.1, -0.05) is 30.3 Å². The molecule has 0 aliphatic carbocycles. The highest BCUT2D eigenvalue weighted by molar-refractivity contribution is 5.24. The Bertz CT molecular complexity index is 399. The zero-order chi connectivity index (χ0) is 15.0. The molecule has 1 fully saturated rings. The fourth-order valence-corrected chi connectivity index (χ4v) is 2.88. The standard InChI is InChI=1S/C17H28N2O2/c1-17(16-7-4-3-5-8-16)15-19(10-6-9-18-17)11-12-21-14-13-20-2/h3-5,7-8,18H,6,9-15H2,1-2H3. The first-order valence-corrected chi connectivity index (χ1v) is 7.84. The maximum atomic E-state index is 5.60. The van der Waals surface area contributed by atoms with Crippen molar-refractivity contribution in [3.8, 4) is 0 Å². The summed E-state index contributed by atoms with van der Waals surface area (Å²) >= 11 is 0. The van der Waals surface area contributed by atoms with Crippen LogP contribution >= 0.6 is 0 Å². The molecule has 0 bridgehead atoms. The zero-order valence-corrected chi connectivity index (χ0v) is 13.3. The largest absolute Gasteiger partial charge is 0.382 e. The van der Waals surface area contributed by atoms with Crippen LogP contribution < -0.4 is 5.32 Å². The fraction of sp³-hybridized carbons (Fsp3) is 0.647.